The SMILES string of the molecule is CN(Cc1cccc(Br)c1)S(=O)(=O)c1ccnc(Cl)c1. The summed E-state index contributed by atoms with van der Waals surface area (Å²) in [4.78, 5) is 3.92. The first-order valence-corrected chi connectivity index (χ1v) is 8.33. The van der Waals surface area contributed by atoms with Gasteiger partial charge in [0.05, 0.1) is 4.90 Å². The minimum absolute atomic E-state index is 0.134. The smallest absolute Gasteiger partial charge is 0.243 e. The molecule has 1 aromatic heterocycles. The molecule has 0 atom stereocenters. The van der Waals surface area contributed by atoms with Crippen molar-refractivity contribution in [1.82, 2.24) is 9.29 Å². The Hall–Kier alpha value is -0.950. The summed E-state index contributed by atoms with van der Waals surface area (Å²) in [5.41, 5.74) is 0.894. The summed E-state index contributed by atoms with van der Waals surface area (Å²) in [7, 11) is -2.05. The molecule has 0 saturated heterocycles. The minimum atomic E-state index is -3.58. The number of aromatic nitrogens is 1. The topological polar surface area (TPSA) is 50.3 Å². The lowest BCUT2D eigenvalue weighted by Crippen LogP contribution is -2.26. The van der Waals surface area contributed by atoms with Crippen LogP contribution in [0.5, 0.6) is 0 Å². The van der Waals surface area contributed by atoms with Crippen LogP contribution in [0.25, 0.3) is 0 Å². The van der Waals surface area contributed by atoms with Gasteiger partial charge < -0.3 is 0 Å². The fourth-order valence-corrected chi connectivity index (χ4v) is 3.56. The number of halogens is 2. The molecule has 0 amide bonds. The summed E-state index contributed by atoms with van der Waals surface area (Å²) < 4.78 is 27.0. The number of hydrogen-bond acceptors (Lipinski definition) is 3. The molecule has 20 heavy (non-hydrogen) atoms. The fraction of sp³-hybridized carbons (Fsp3) is 0.154. The number of pyridine rings is 1. The highest BCUT2D eigenvalue weighted by Gasteiger charge is 2.21. The summed E-state index contributed by atoms with van der Waals surface area (Å²) in [6.45, 7) is 0.279. The number of rotatable bonds is 4. The van der Waals surface area contributed by atoms with Crippen LogP contribution in [-0.4, -0.2) is 24.8 Å². The van der Waals surface area contributed by atoms with E-state index in [1.807, 2.05) is 24.3 Å². The van der Waals surface area contributed by atoms with Crippen molar-refractivity contribution in [3.8, 4) is 0 Å². The summed E-state index contributed by atoms with van der Waals surface area (Å²) in [5.74, 6) is 0. The Morgan fingerprint density at radius 2 is 2.05 bits per heavy atom. The molecule has 0 unspecified atom stereocenters. The van der Waals surface area contributed by atoms with Crippen LogP contribution in [0.1, 0.15) is 5.56 Å². The molecule has 0 bridgehead atoms. The molecule has 0 saturated carbocycles. The van der Waals surface area contributed by atoms with Crippen molar-refractivity contribution < 1.29 is 8.42 Å². The Morgan fingerprint density at radius 3 is 2.70 bits per heavy atom. The van der Waals surface area contributed by atoms with Gasteiger partial charge in [0, 0.05) is 24.3 Å². The van der Waals surface area contributed by atoms with E-state index in [2.05, 4.69) is 20.9 Å². The lowest BCUT2D eigenvalue weighted by Gasteiger charge is -2.17. The van der Waals surface area contributed by atoms with Crippen molar-refractivity contribution in [2.45, 2.75) is 11.4 Å². The summed E-state index contributed by atoms with van der Waals surface area (Å²) >= 11 is 9.10. The zero-order chi connectivity index (χ0) is 14.8. The lowest BCUT2D eigenvalue weighted by atomic mass is 10.2. The first kappa shape index (κ1) is 15.4. The predicted molar refractivity (Wildman–Crippen MR) is 82.0 cm³/mol. The second-order valence-corrected chi connectivity index (χ2v) is 7.55. The van der Waals surface area contributed by atoms with Crippen LogP contribution in [0.4, 0.5) is 0 Å². The monoisotopic (exact) mass is 374 g/mol. The second kappa shape index (κ2) is 6.22. The van der Waals surface area contributed by atoms with Crippen LogP contribution >= 0.6 is 27.5 Å². The Morgan fingerprint density at radius 1 is 1.30 bits per heavy atom. The van der Waals surface area contributed by atoms with E-state index in [1.165, 1.54) is 29.7 Å². The largest absolute Gasteiger partial charge is 0.244 e. The molecular formula is C13H12BrClN2O2S. The van der Waals surface area contributed by atoms with E-state index in [1.54, 1.807) is 0 Å². The Kier molecular flexibility index (Phi) is 4.80. The Bertz CT molecular complexity index is 722. The summed E-state index contributed by atoms with van der Waals surface area (Å²) in [5, 5.41) is 0.155. The second-order valence-electron chi connectivity index (χ2n) is 4.21. The fourth-order valence-electron chi connectivity index (χ4n) is 1.70. The van der Waals surface area contributed by atoms with E-state index in [9.17, 15) is 8.42 Å². The van der Waals surface area contributed by atoms with Crippen molar-refractivity contribution >= 4 is 37.6 Å². The van der Waals surface area contributed by atoms with Crippen molar-refractivity contribution in [2.75, 3.05) is 7.05 Å². The molecule has 4 nitrogen and oxygen atoms in total. The van der Waals surface area contributed by atoms with Gasteiger partial charge in [-0.1, -0.05) is 39.7 Å². The highest BCUT2D eigenvalue weighted by atomic mass is 79.9. The molecule has 2 aromatic rings. The van der Waals surface area contributed by atoms with E-state index in [0.717, 1.165) is 10.0 Å². The first-order valence-electron chi connectivity index (χ1n) is 5.72. The number of sulfonamides is 1. The quantitative estimate of drug-likeness (QED) is 0.770. The maximum atomic E-state index is 12.4. The van der Waals surface area contributed by atoms with Crippen LogP contribution in [-0.2, 0) is 16.6 Å². The van der Waals surface area contributed by atoms with E-state index >= 15 is 0 Å². The minimum Gasteiger partial charge on any atom is -0.244 e. The average molecular weight is 376 g/mol. The zero-order valence-corrected chi connectivity index (χ0v) is 13.8. The van der Waals surface area contributed by atoms with Crippen molar-refractivity contribution in [1.29, 1.82) is 0 Å². The average Bonchev–Trinajstić information content (AvgIpc) is 2.38. The van der Waals surface area contributed by atoms with E-state index < -0.39 is 10.0 Å². The molecule has 0 aliphatic heterocycles. The number of hydrogen-bond donors (Lipinski definition) is 0. The maximum absolute atomic E-state index is 12.4. The van der Waals surface area contributed by atoms with Gasteiger partial charge in [0.1, 0.15) is 5.15 Å². The normalized spacial score (nSPS) is 11.8. The van der Waals surface area contributed by atoms with Gasteiger partial charge in [-0.15, -0.1) is 0 Å². The number of benzene rings is 1. The Balaban J connectivity index is 2.26. The summed E-state index contributed by atoms with van der Waals surface area (Å²) in [6, 6.07) is 10.3. The highest BCUT2D eigenvalue weighted by molar-refractivity contribution is 9.10. The molecule has 0 radical (unpaired) electrons. The summed E-state index contributed by atoms with van der Waals surface area (Å²) in [6.07, 6.45) is 1.38. The van der Waals surface area contributed by atoms with Crippen LogP contribution in [0, 0.1) is 0 Å². The molecule has 1 aromatic carbocycles. The third-order valence-corrected chi connectivity index (χ3v) is 5.20. The van der Waals surface area contributed by atoms with Gasteiger partial charge in [0.15, 0.2) is 0 Å². The molecule has 1 heterocycles. The first-order chi connectivity index (χ1) is 9.39. The predicted octanol–water partition coefficient (Wildman–Crippen LogP) is 3.32. The van der Waals surface area contributed by atoms with Gasteiger partial charge in [0.25, 0.3) is 0 Å². The van der Waals surface area contributed by atoms with Crippen molar-refractivity contribution in [3.63, 3.8) is 0 Å². The van der Waals surface area contributed by atoms with Gasteiger partial charge in [-0.25, -0.2) is 13.4 Å². The van der Waals surface area contributed by atoms with Gasteiger partial charge in [-0.3, -0.25) is 0 Å². The van der Waals surface area contributed by atoms with Crippen LogP contribution < -0.4 is 0 Å². The van der Waals surface area contributed by atoms with Crippen LogP contribution in [0.3, 0.4) is 0 Å². The van der Waals surface area contributed by atoms with E-state index in [-0.39, 0.29) is 16.6 Å². The van der Waals surface area contributed by atoms with Gasteiger partial charge >= 0.3 is 0 Å². The molecule has 106 valence electrons. The van der Waals surface area contributed by atoms with E-state index in [0.29, 0.717) is 0 Å². The zero-order valence-electron chi connectivity index (χ0n) is 10.6. The van der Waals surface area contributed by atoms with Crippen LogP contribution in [0.15, 0.2) is 52.0 Å². The third kappa shape index (κ3) is 3.58. The van der Waals surface area contributed by atoms with Gasteiger partial charge in [-0.2, -0.15) is 4.31 Å². The Labute approximate surface area is 131 Å². The van der Waals surface area contributed by atoms with Gasteiger partial charge in [0.2, 0.25) is 10.0 Å². The molecule has 0 fully saturated rings. The molecule has 2 rings (SSSR count). The number of nitrogens with zero attached hydrogens (tertiary/aromatic N) is 2. The van der Waals surface area contributed by atoms with Crippen molar-refractivity contribution in [2.24, 2.45) is 0 Å². The maximum Gasteiger partial charge on any atom is 0.243 e. The highest BCUT2D eigenvalue weighted by Crippen LogP contribution is 2.20. The van der Waals surface area contributed by atoms with Crippen LogP contribution in [0.2, 0.25) is 5.15 Å². The van der Waals surface area contributed by atoms with E-state index in [4.69, 9.17) is 11.6 Å². The molecule has 0 aliphatic carbocycles. The molecule has 7 heteroatoms. The lowest BCUT2D eigenvalue weighted by molar-refractivity contribution is 0.466. The third-order valence-electron chi connectivity index (χ3n) is 2.70. The van der Waals surface area contributed by atoms with Crippen molar-refractivity contribution in [3.05, 3.63) is 57.8 Å². The van der Waals surface area contributed by atoms with Gasteiger partial charge in [-0.05, 0) is 29.8 Å². The molecular weight excluding hydrogens is 364 g/mol. The standard InChI is InChI=1S/C13H12BrClN2O2S/c1-17(9-10-3-2-4-11(14)7-10)20(18,19)12-5-6-16-13(15)8-12/h2-8H,9H2,1H3. The molecule has 0 N–H and O–H groups in total. The molecule has 0 spiro atoms. The molecule has 0 aliphatic rings.